The normalized spacial score (nSPS) is 14.1. The van der Waals surface area contributed by atoms with Crippen LogP contribution in [0.25, 0.3) is 0 Å². The van der Waals surface area contributed by atoms with Crippen molar-refractivity contribution in [3.05, 3.63) is 29.8 Å². The smallest absolute Gasteiger partial charge is 0.460 e. The van der Waals surface area contributed by atoms with Crippen LogP contribution in [0.4, 0.5) is 53.1 Å². The molecule has 7 nitrogen and oxygen atoms in total. The number of halogens is 11. The Morgan fingerprint density at radius 1 is 0.902 bits per heavy atom. The van der Waals surface area contributed by atoms with Gasteiger partial charge in [-0.05, 0) is 38.5 Å². The molecule has 1 aromatic rings. The average molecular weight is 620 g/mol. The van der Waals surface area contributed by atoms with Crippen molar-refractivity contribution in [1.82, 2.24) is 10.2 Å². The Morgan fingerprint density at radius 3 is 1.88 bits per heavy atom. The SMILES string of the molecule is CCOC(Cc1ccc(OCCN(CC(F)(F)C(F)(F)C(F)(F)C(F)(F)C(F)(F)F)C(=O)NC(C)C)cc1)C(=O)O. The van der Waals surface area contributed by atoms with Crippen LogP contribution in [-0.2, 0) is 16.0 Å². The van der Waals surface area contributed by atoms with E-state index in [9.17, 15) is 57.9 Å². The van der Waals surface area contributed by atoms with Gasteiger partial charge in [0.1, 0.15) is 12.4 Å². The molecule has 0 spiro atoms. The van der Waals surface area contributed by atoms with Gasteiger partial charge in [0.2, 0.25) is 0 Å². The van der Waals surface area contributed by atoms with Gasteiger partial charge >= 0.3 is 41.9 Å². The fourth-order valence-electron chi connectivity index (χ4n) is 3.16. The summed E-state index contributed by atoms with van der Waals surface area (Å²) in [7, 11) is 0. The molecule has 1 unspecified atom stereocenters. The van der Waals surface area contributed by atoms with E-state index in [0.29, 0.717) is 5.56 Å². The number of hydrogen-bond donors (Lipinski definition) is 2. The maximum Gasteiger partial charge on any atom is 0.460 e. The quantitative estimate of drug-likeness (QED) is 0.249. The summed E-state index contributed by atoms with van der Waals surface area (Å²) in [5.74, 6) is -29.9. The second-order valence-corrected chi connectivity index (χ2v) is 8.93. The first kappa shape index (κ1) is 36.0. The zero-order valence-corrected chi connectivity index (χ0v) is 21.7. The average Bonchev–Trinajstić information content (AvgIpc) is 2.82. The van der Waals surface area contributed by atoms with Gasteiger partial charge in [0, 0.05) is 19.1 Å². The van der Waals surface area contributed by atoms with Crippen LogP contribution >= 0.6 is 0 Å². The molecule has 0 bridgehead atoms. The van der Waals surface area contributed by atoms with E-state index in [0.717, 1.165) is 0 Å². The second kappa shape index (κ2) is 13.3. The van der Waals surface area contributed by atoms with E-state index in [-0.39, 0.29) is 23.7 Å². The molecule has 236 valence electrons. The van der Waals surface area contributed by atoms with Crippen LogP contribution in [0.15, 0.2) is 24.3 Å². The van der Waals surface area contributed by atoms with Gasteiger partial charge < -0.3 is 24.8 Å². The molecule has 18 heteroatoms. The van der Waals surface area contributed by atoms with Crippen LogP contribution in [-0.4, -0.2) is 90.3 Å². The minimum Gasteiger partial charge on any atom is -0.492 e. The molecule has 1 atom stereocenters. The number of carboxylic acid groups (broad SMARTS) is 1. The van der Waals surface area contributed by atoms with Crippen LogP contribution in [0, 0.1) is 0 Å². The maximum absolute atomic E-state index is 14.3. The highest BCUT2D eigenvalue weighted by Gasteiger charge is 2.87. The number of alkyl halides is 11. The van der Waals surface area contributed by atoms with Crippen molar-refractivity contribution < 1.29 is 72.5 Å². The molecule has 0 heterocycles. The lowest BCUT2D eigenvalue weighted by atomic mass is 9.97. The zero-order chi connectivity index (χ0) is 32.0. The number of aliphatic carboxylic acids is 1. The molecule has 0 saturated carbocycles. The summed E-state index contributed by atoms with van der Waals surface area (Å²) in [6.07, 6.45) is -8.51. The third kappa shape index (κ3) is 8.48. The van der Waals surface area contributed by atoms with Gasteiger partial charge in [0.25, 0.3) is 0 Å². The van der Waals surface area contributed by atoms with Crippen molar-refractivity contribution in [2.24, 2.45) is 0 Å². The van der Waals surface area contributed by atoms with Crippen LogP contribution in [0.1, 0.15) is 26.3 Å². The first-order valence-corrected chi connectivity index (χ1v) is 11.7. The monoisotopic (exact) mass is 620 g/mol. The van der Waals surface area contributed by atoms with Crippen LogP contribution in [0.5, 0.6) is 5.75 Å². The van der Waals surface area contributed by atoms with Crippen molar-refractivity contribution in [3.8, 4) is 5.75 Å². The first-order chi connectivity index (χ1) is 18.5. The molecule has 0 saturated heterocycles. The van der Waals surface area contributed by atoms with E-state index in [4.69, 9.17) is 14.6 Å². The number of amides is 2. The predicted octanol–water partition coefficient (Wildman–Crippen LogP) is 5.62. The Kier molecular flexibility index (Phi) is 11.7. The molecule has 41 heavy (non-hydrogen) atoms. The summed E-state index contributed by atoms with van der Waals surface area (Å²) in [6.45, 7) is -0.182. The molecular weight excluding hydrogens is 593 g/mol. The number of carboxylic acids is 1. The fraction of sp³-hybridized carbons (Fsp3) is 0.652. The van der Waals surface area contributed by atoms with Gasteiger partial charge in [0.05, 0.1) is 13.1 Å². The van der Waals surface area contributed by atoms with Gasteiger partial charge in [-0.25, -0.2) is 9.59 Å². The lowest BCUT2D eigenvalue weighted by Gasteiger charge is -2.39. The van der Waals surface area contributed by atoms with Gasteiger partial charge in [-0.1, -0.05) is 12.1 Å². The predicted molar refractivity (Wildman–Crippen MR) is 120 cm³/mol. The Hall–Kier alpha value is -3.05. The number of urea groups is 1. The van der Waals surface area contributed by atoms with Crippen LogP contribution in [0.2, 0.25) is 0 Å². The van der Waals surface area contributed by atoms with Gasteiger partial charge in [-0.15, -0.1) is 0 Å². The summed E-state index contributed by atoms with van der Waals surface area (Å²) in [4.78, 5) is 23.2. The summed E-state index contributed by atoms with van der Waals surface area (Å²) in [5.41, 5.74) is 0.467. The number of carbonyl (C=O) groups is 2. The Bertz CT molecular complexity index is 1020. The largest absolute Gasteiger partial charge is 0.492 e. The highest BCUT2D eigenvalue weighted by Crippen LogP contribution is 2.57. The Morgan fingerprint density at radius 2 is 1.44 bits per heavy atom. The highest BCUT2D eigenvalue weighted by atomic mass is 19.4. The van der Waals surface area contributed by atoms with E-state index in [1.54, 1.807) is 6.92 Å². The molecule has 1 rings (SSSR count). The minimum atomic E-state index is -7.60. The minimum absolute atomic E-state index is 0.00491. The third-order valence-electron chi connectivity index (χ3n) is 5.31. The Balaban J connectivity index is 3.09. The summed E-state index contributed by atoms with van der Waals surface area (Å²) in [5, 5.41) is 11.1. The summed E-state index contributed by atoms with van der Waals surface area (Å²) in [6, 6.07) is 2.96. The highest BCUT2D eigenvalue weighted by molar-refractivity contribution is 5.74. The molecule has 0 fully saturated rings. The second-order valence-electron chi connectivity index (χ2n) is 8.93. The molecule has 0 aliphatic rings. The molecule has 2 N–H and O–H groups in total. The lowest BCUT2D eigenvalue weighted by molar-refractivity contribution is -0.422. The van der Waals surface area contributed by atoms with Gasteiger partial charge in [0.15, 0.2) is 6.10 Å². The molecular formula is C23H27F11N2O5. The number of nitrogens with one attached hydrogen (secondary N) is 1. The van der Waals surface area contributed by atoms with Crippen molar-refractivity contribution in [3.63, 3.8) is 0 Å². The zero-order valence-electron chi connectivity index (χ0n) is 21.7. The van der Waals surface area contributed by atoms with Gasteiger partial charge in [-0.3, -0.25) is 0 Å². The summed E-state index contributed by atoms with van der Waals surface area (Å²) < 4.78 is 157. The van der Waals surface area contributed by atoms with Crippen molar-refractivity contribution in [2.45, 2.75) is 69.2 Å². The maximum atomic E-state index is 14.3. The number of ether oxygens (including phenoxy) is 2. The molecule has 2 amide bonds. The number of carbonyl (C=O) groups excluding carboxylic acids is 1. The van der Waals surface area contributed by atoms with E-state index in [2.05, 4.69) is 0 Å². The molecule has 0 radical (unpaired) electrons. The Labute approximate surface area is 226 Å². The molecule has 0 aliphatic heterocycles. The summed E-state index contributed by atoms with van der Waals surface area (Å²) >= 11 is 0. The third-order valence-corrected chi connectivity index (χ3v) is 5.31. The number of nitrogens with zero attached hydrogens (tertiary/aromatic N) is 1. The fourth-order valence-corrected chi connectivity index (χ4v) is 3.16. The molecule has 0 aromatic heterocycles. The standard InChI is InChI=1S/C23H27F11N2O5/c1-4-40-16(17(37)38)11-14-5-7-15(8-6-14)41-10-9-36(18(39)35-13(2)3)12-19(24,25)20(26,27)21(28,29)22(30,31)23(32,33)34/h5-8,13,16H,4,9-12H2,1-3H3,(H,35,39)(H,37,38). The van der Waals surface area contributed by atoms with E-state index >= 15 is 0 Å². The van der Waals surface area contributed by atoms with Crippen molar-refractivity contribution in [2.75, 3.05) is 26.3 Å². The first-order valence-electron chi connectivity index (χ1n) is 11.7. The van der Waals surface area contributed by atoms with E-state index in [1.807, 2.05) is 5.32 Å². The van der Waals surface area contributed by atoms with Crippen molar-refractivity contribution in [1.29, 1.82) is 0 Å². The van der Waals surface area contributed by atoms with E-state index < -0.39 is 73.7 Å². The molecule has 1 aromatic carbocycles. The number of rotatable bonds is 15. The van der Waals surface area contributed by atoms with Crippen LogP contribution < -0.4 is 10.1 Å². The van der Waals surface area contributed by atoms with Crippen LogP contribution in [0.3, 0.4) is 0 Å². The number of benzene rings is 1. The topological polar surface area (TPSA) is 88.1 Å². The molecule has 0 aliphatic carbocycles. The van der Waals surface area contributed by atoms with Crippen molar-refractivity contribution >= 4 is 12.0 Å². The number of hydrogen-bond acceptors (Lipinski definition) is 4. The lowest BCUT2D eigenvalue weighted by Crippen LogP contribution is -2.68. The van der Waals surface area contributed by atoms with Gasteiger partial charge in [-0.2, -0.15) is 48.3 Å². The van der Waals surface area contributed by atoms with E-state index in [1.165, 1.54) is 38.1 Å².